The highest BCUT2D eigenvalue weighted by Gasteiger charge is 2.25. The first-order valence-corrected chi connectivity index (χ1v) is 6.28. The molecule has 0 spiro atoms. The number of hydrogen-bond acceptors (Lipinski definition) is 2. The van der Waals surface area contributed by atoms with Gasteiger partial charge in [0.15, 0.2) is 0 Å². The summed E-state index contributed by atoms with van der Waals surface area (Å²) in [6, 6.07) is 2.82. The Balaban J connectivity index is 2.20. The third kappa shape index (κ3) is 2.97. The van der Waals surface area contributed by atoms with Crippen molar-refractivity contribution in [3.8, 4) is 0 Å². The van der Waals surface area contributed by atoms with Crippen LogP contribution in [-0.4, -0.2) is 25.2 Å². The number of ether oxygens (including phenoxy) is 1. The second kappa shape index (κ2) is 5.33. The minimum absolute atomic E-state index is 0.190. The molecule has 3 nitrogen and oxygen atoms in total. The van der Waals surface area contributed by atoms with Crippen LogP contribution in [-0.2, 0) is 16.0 Å². The van der Waals surface area contributed by atoms with E-state index in [1.165, 1.54) is 6.07 Å². The Morgan fingerprint density at radius 2 is 2.35 bits per heavy atom. The van der Waals surface area contributed by atoms with Crippen LogP contribution in [0.3, 0.4) is 0 Å². The third-order valence-corrected chi connectivity index (χ3v) is 3.43. The van der Waals surface area contributed by atoms with Crippen LogP contribution in [0.5, 0.6) is 0 Å². The maximum absolute atomic E-state index is 13.7. The minimum Gasteiger partial charge on any atom is -0.366 e. The maximum atomic E-state index is 13.7. The van der Waals surface area contributed by atoms with Crippen LogP contribution in [0.4, 0.5) is 4.39 Å². The van der Waals surface area contributed by atoms with Gasteiger partial charge in [-0.2, -0.15) is 0 Å². The number of carbonyl (C=O) groups excluding carboxylic acids is 1. The van der Waals surface area contributed by atoms with Gasteiger partial charge in [0.05, 0.1) is 6.61 Å². The van der Waals surface area contributed by atoms with E-state index in [0.717, 1.165) is 0 Å². The maximum Gasteiger partial charge on any atom is 0.249 e. The molecule has 0 bridgehead atoms. The summed E-state index contributed by atoms with van der Waals surface area (Å²) >= 11 is 8.95. The van der Waals surface area contributed by atoms with Crippen molar-refractivity contribution >= 4 is 33.4 Å². The molecule has 1 N–H and O–H groups in total. The zero-order chi connectivity index (χ0) is 12.4. The lowest BCUT2D eigenvalue weighted by Gasteiger charge is -2.23. The Bertz CT molecular complexity index is 432. The SMILES string of the molecule is O=C1NCCOC1Cc1c(F)cc(Cl)cc1Br. The van der Waals surface area contributed by atoms with E-state index in [9.17, 15) is 9.18 Å². The van der Waals surface area contributed by atoms with E-state index in [-0.39, 0.29) is 12.3 Å². The van der Waals surface area contributed by atoms with Crippen LogP contribution in [0.2, 0.25) is 5.02 Å². The lowest BCUT2D eigenvalue weighted by Crippen LogP contribution is -2.45. The Morgan fingerprint density at radius 3 is 3.00 bits per heavy atom. The standard InChI is InChI=1S/C11H10BrClFNO2/c12-8-3-6(13)4-9(14)7(8)5-10-11(16)15-1-2-17-10/h3-4,10H,1-2,5H2,(H,15,16). The Hall–Kier alpha value is -0.650. The van der Waals surface area contributed by atoms with Gasteiger partial charge >= 0.3 is 0 Å². The fourth-order valence-electron chi connectivity index (χ4n) is 1.67. The van der Waals surface area contributed by atoms with E-state index in [4.69, 9.17) is 16.3 Å². The van der Waals surface area contributed by atoms with Crippen LogP contribution < -0.4 is 5.32 Å². The molecule has 1 atom stereocenters. The van der Waals surface area contributed by atoms with Crippen molar-refractivity contribution in [1.82, 2.24) is 5.32 Å². The quantitative estimate of drug-likeness (QED) is 0.907. The monoisotopic (exact) mass is 321 g/mol. The molecule has 1 heterocycles. The summed E-state index contributed by atoms with van der Waals surface area (Å²) in [5, 5.41) is 2.99. The first-order valence-electron chi connectivity index (χ1n) is 5.10. The fraction of sp³-hybridized carbons (Fsp3) is 0.364. The molecular formula is C11H10BrClFNO2. The van der Waals surface area contributed by atoms with Gasteiger partial charge < -0.3 is 10.1 Å². The number of carbonyl (C=O) groups is 1. The Kier molecular flexibility index (Phi) is 4.01. The zero-order valence-corrected chi connectivity index (χ0v) is 11.1. The van der Waals surface area contributed by atoms with E-state index in [0.29, 0.717) is 28.2 Å². The van der Waals surface area contributed by atoms with Gasteiger partial charge in [-0.1, -0.05) is 27.5 Å². The number of rotatable bonds is 2. The summed E-state index contributed by atoms with van der Waals surface area (Å²) in [6.45, 7) is 0.947. The first kappa shape index (κ1) is 12.8. The van der Waals surface area contributed by atoms with Crippen molar-refractivity contribution < 1.29 is 13.9 Å². The first-order chi connectivity index (χ1) is 8.08. The third-order valence-electron chi connectivity index (χ3n) is 2.51. The molecule has 1 aromatic carbocycles. The van der Waals surface area contributed by atoms with Crippen molar-refractivity contribution in [1.29, 1.82) is 0 Å². The predicted octanol–water partition coefficient (Wildman–Crippen LogP) is 2.30. The number of amides is 1. The Labute approximate surface area is 111 Å². The summed E-state index contributed by atoms with van der Waals surface area (Å²) in [5.41, 5.74) is 0.399. The number of halogens is 3. The molecule has 1 amide bonds. The number of nitrogens with one attached hydrogen (secondary N) is 1. The summed E-state index contributed by atoms with van der Waals surface area (Å²) in [4.78, 5) is 11.5. The highest BCUT2D eigenvalue weighted by atomic mass is 79.9. The molecule has 1 unspecified atom stereocenters. The molecule has 0 aromatic heterocycles. The number of benzene rings is 1. The van der Waals surface area contributed by atoms with E-state index in [1.54, 1.807) is 6.07 Å². The van der Waals surface area contributed by atoms with Crippen LogP contribution in [0.25, 0.3) is 0 Å². The van der Waals surface area contributed by atoms with E-state index < -0.39 is 11.9 Å². The fourth-order valence-corrected chi connectivity index (χ4v) is 2.60. The topological polar surface area (TPSA) is 38.3 Å². The smallest absolute Gasteiger partial charge is 0.249 e. The normalized spacial score (nSPS) is 20.2. The van der Waals surface area contributed by atoms with E-state index >= 15 is 0 Å². The second-order valence-electron chi connectivity index (χ2n) is 3.70. The molecule has 1 saturated heterocycles. The predicted molar refractivity (Wildman–Crippen MR) is 65.6 cm³/mol. The highest BCUT2D eigenvalue weighted by Crippen LogP contribution is 2.26. The largest absolute Gasteiger partial charge is 0.366 e. The molecule has 1 fully saturated rings. The van der Waals surface area contributed by atoms with Crippen molar-refractivity contribution in [2.24, 2.45) is 0 Å². The van der Waals surface area contributed by atoms with Gasteiger partial charge in [0, 0.05) is 28.0 Å². The van der Waals surface area contributed by atoms with Crippen molar-refractivity contribution in [3.05, 3.63) is 33.0 Å². The summed E-state index contributed by atoms with van der Waals surface area (Å²) in [5.74, 6) is -0.649. The number of hydrogen-bond donors (Lipinski definition) is 1. The summed E-state index contributed by atoms with van der Waals surface area (Å²) in [7, 11) is 0. The van der Waals surface area contributed by atoms with Crippen molar-refractivity contribution in [3.63, 3.8) is 0 Å². The molecule has 6 heteroatoms. The molecule has 2 rings (SSSR count). The van der Waals surface area contributed by atoms with Crippen LogP contribution in [0.1, 0.15) is 5.56 Å². The van der Waals surface area contributed by atoms with Gasteiger partial charge in [0.25, 0.3) is 0 Å². The van der Waals surface area contributed by atoms with E-state index in [1.807, 2.05) is 0 Å². The molecule has 0 aliphatic carbocycles. The Morgan fingerprint density at radius 1 is 1.59 bits per heavy atom. The molecule has 0 radical (unpaired) electrons. The molecular weight excluding hydrogens is 312 g/mol. The van der Waals surface area contributed by atoms with Gasteiger partial charge in [0.2, 0.25) is 5.91 Å². The van der Waals surface area contributed by atoms with Gasteiger partial charge in [0.1, 0.15) is 11.9 Å². The minimum atomic E-state index is -0.643. The molecule has 1 aliphatic heterocycles. The van der Waals surface area contributed by atoms with Crippen molar-refractivity contribution in [2.75, 3.05) is 13.2 Å². The van der Waals surface area contributed by atoms with Crippen LogP contribution in [0.15, 0.2) is 16.6 Å². The van der Waals surface area contributed by atoms with E-state index in [2.05, 4.69) is 21.2 Å². The lowest BCUT2D eigenvalue weighted by atomic mass is 10.1. The average Bonchev–Trinajstić information content (AvgIpc) is 2.25. The van der Waals surface area contributed by atoms with Crippen LogP contribution in [0, 0.1) is 5.82 Å². The average molecular weight is 323 g/mol. The van der Waals surface area contributed by atoms with Gasteiger partial charge in [-0.3, -0.25) is 4.79 Å². The van der Waals surface area contributed by atoms with Crippen molar-refractivity contribution in [2.45, 2.75) is 12.5 Å². The summed E-state index contributed by atoms with van der Waals surface area (Å²) in [6.07, 6.45) is -0.453. The second-order valence-corrected chi connectivity index (χ2v) is 4.99. The molecule has 1 aromatic rings. The zero-order valence-electron chi connectivity index (χ0n) is 8.80. The van der Waals surface area contributed by atoms with Gasteiger partial charge in [-0.05, 0) is 12.1 Å². The molecule has 0 saturated carbocycles. The molecule has 92 valence electrons. The van der Waals surface area contributed by atoms with Gasteiger partial charge in [-0.15, -0.1) is 0 Å². The molecule has 1 aliphatic rings. The highest BCUT2D eigenvalue weighted by molar-refractivity contribution is 9.10. The summed E-state index contributed by atoms with van der Waals surface area (Å²) < 4.78 is 19.5. The van der Waals surface area contributed by atoms with Gasteiger partial charge in [-0.25, -0.2) is 4.39 Å². The number of morpholine rings is 1. The lowest BCUT2D eigenvalue weighted by molar-refractivity contribution is -0.137. The molecule has 17 heavy (non-hydrogen) atoms. The van der Waals surface area contributed by atoms with Crippen LogP contribution >= 0.6 is 27.5 Å².